The van der Waals surface area contributed by atoms with Crippen LogP contribution in [0.1, 0.15) is 6.42 Å². The maximum absolute atomic E-state index is 5.52. The van der Waals surface area contributed by atoms with Crippen LogP contribution in [-0.2, 0) is 4.43 Å². The SMILES string of the molecule is C[Si](C)(C)OCCCCl. The van der Waals surface area contributed by atoms with Gasteiger partial charge in [-0.1, -0.05) is 0 Å². The van der Waals surface area contributed by atoms with Crippen molar-refractivity contribution >= 4 is 19.9 Å². The summed E-state index contributed by atoms with van der Waals surface area (Å²) in [7, 11) is -1.25. The molecular weight excluding hydrogens is 152 g/mol. The molecule has 0 atom stereocenters. The van der Waals surface area contributed by atoms with Gasteiger partial charge < -0.3 is 4.43 Å². The molecule has 0 aromatic carbocycles. The maximum Gasteiger partial charge on any atom is 0.183 e. The van der Waals surface area contributed by atoms with Gasteiger partial charge >= 0.3 is 0 Å². The summed E-state index contributed by atoms with van der Waals surface area (Å²) in [5.41, 5.74) is 0. The Labute approximate surface area is 63.5 Å². The Hall–Kier alpha value is 0.467. The molecule has 0 amide bonds. The van der Waals surface area contributed by atoms with E-state index >= 15 is 0 Å². The van der Waals surface area contributed by atoms with Crippen LogP contribution in [0.2, 0.25) is 19.6 Å². The van der Waals surface area contributed by atoms with Crippen molar-refractivity contribution in [2.75, 3.05) is 12.5 Å². The van der Waals surface area contributed by atoms with Gasteiger partial charge in [-0.2, -0.15) is 0 Å². The third kappa shape index (κ3) is 8.47. The first-order chi connectivity index (χ1) is 4.06. The summed E-state index contributed by atoms with van der Waals surface area (Å²) in [6.45, 7) is 7.38. The van der Waals surface area contributed by atoms with Crippen LogP contribution in [0, 0.1) is 0 Å². The maximum atomic E-state index is 5.52. The largest absolute Gasteiger partial charge is 0.418 e. The highest BCUT2D eigenvalue weighted by Gasteiger charge is 2.12. The van der Waals surface area contributed by atoms with E-state index in [4.69, 9.17) is 16.0 Å². The van der Waals surface area contributed by atoms with Gasteiger partial charge in [0.2, 0.25) is 0 Å². The van der Waals surface area contributed by atoms with Gasteiger partial charge in [0.25, 0.3) is 0 Å². The molecule has 0 bridgehead atoms. The van der Waals surface area contributed by atoms with Crippen molar-refractivity contribution in [2.24, 2.45) is 0 Å². The van der Waals surface area contributed by atoms with E-state index in [2.05, 4.69) is 19.6 Å². The number of alkyl halides is 1. The fraction of sp³-hybridized carbons (Fsp3) is 1.00. The Balaban J connectivity index is 3.07. The van der Waals surface area contributed by atoms with Gasteiger partial charge in [-0.05, 0) is 26.1 Å². The van der Waals surface area contributed by atoms with Gasteiger partial charge in [0.15, 0.2) is 8.32 Å². The molecule has 1 nitrogen and oxygen atoms in total. The first kappa shape index (κ1) is 9.47. The van der Waals surface area contributed by atoms with Crippen molar-refractivity contribution in [1.82, 2.24) is 0 Å². The molecule has 0 aliphatic carbocycles. The highest BCUT2D eigenvalue weighted by Crippen LogP contribution is 2.02. The first-order valence-corrected chi connectivity index (χ1v) is 7.20. The molecule has 0 unspecified atom stereocenters. The van der Waals surface area contributed by atoms with Crippen LogP contribution >= 0.6 is 11.6 Å². The average Bonchev–Trinajstić information content (AvgIpc) is 1.63. The lowest BCUT2D eigenvalue weighted by molar-refractivity contribution is 0.312. The van der Waals surface area contributed by atoms with Crippen LogP contribution in [0.3, 0.4) is 0 Å². The molecule has 0 fully saturated rings. The Kier molecular flexibility index (Phi) is 4.53. The highest BCUT2D eigenvalue weighted by atomic mass is 35.5. The topological polar surface area (TPSA) is 9.23 Å². The van der Waals surface area contributed by atoms with E-state index in [0.717, 1.165) is 13.0 Å². The third-order valence-electron chi connectivity index (χ3n) is 0.813. The molecule has 0 aliphatic rings. The molecule has 56 valence electrons. The van der Waals surface area contributed by atoms with Gasteiger partial charge in [0.05, 0.1) is 0 Å². The lowest BCUT2D eigenvalue weighted by Gasteiger charge is -2.15. The van der Waals surface area contributed by atoms with E-state index < -0.39 is 8.32 Å². The van der Waals surface area contributed by atoms with Crippen molar-refractivity contribution in [3.63, 3.8) is 0 Å². The third-order valence-corrected chi connectivity index (χ3v) is 2.15. The van der Waals surface area contributed by atoms with E-state index in [9.17, 15) is 0 Å². The summed E-state index contributed by atoms with van der Waals surface area (Å²) in [6, 6.07) is 0. The minimum Gasteiger partial charge on any atom is -0.418 e. The zero-order chi connectivity index (χ0) is 7.33. The summed E-state index contributed by atoms with van der Waals surface area (Å²) < 4.78 is 5.52. The van der Waals surface area contributed by atoms with E-state index in [1.54, 1.807) is 0 Å². The number of rotatable bonds is 4. The number of hydrogen-bond donors (Lipinski definition) is 0. The summed E-state index contributed by atoms with van der Waals surface area (Å²) in [5.74, 6) is 0.713. The van der Waals surface area contributed by atoms with Gasteiger partial charge in [0.1, 0.15) is 0 Å². The Morgan fingerprint density at radius 2 is 1.89 bits per heavy atom. The second-order valence-corrected chi connectivity index (χ2v) is 7.89. The van der Waals surface area contributed by atoms with Crippen LogP contribution < -0.4 is 0 Å². The summed E-state index contributed by atoms with van der Waals surface area (Å²) in [5, 5.41) is 0. The monoisotopic (exact) mass is 166 g/mol. The fourth-order valence-electron chi connectivity index (χ4n) is 0.433. The average molecular weight is 167 g/mol. The lowest BCUT2D eigenvalue weighted by Crippen LogP contribution is -2.25. The molecule has 9 heavy (non-hydrogen) atoms. The summed E-state index contributed by atoms with van der Waals surface area (Å²) >= 11 is 5.47. The Morgan fingerprint density at radius 1 is 1.33 bits per heavy atom. The standard InChI is InChI=1S/C6H15ClOSi/c1-9(2,3)8-6-4-5-7/h4-6H2,1-3H3. The predicted octanol–water partition coefficient (Wildman–Crippen LogP) is 2.47. The second kappa shape index (κ2) is 4.31. The molecule has 3 heteroatoms. The van der Waals surface area contributed by atoms with Crippen molar-refractivity contribution in [3.8, 4) is 0 Å². The quantitative estimate of drug-likeness (QED) is 0.354. The number of halogens is 1. The molecule has 0 radical (unpaired) electrons. The Morgan fingerprint density at radius 3 is 2.22 bits per heavy atom. The zero-order valence-electron chi connectivity index (χ0n) is 6.41. The van der Waals surface area contributed by atoms with Crippen molar-refractivity contribution in [1.29, 1.82) is 0 Å². The molecule has 0 aromatic rings. The normalized spacial score (nSPS) is 12.0. The lowest BCUT2D eigenvalue weighted by atomic mass is 10.5. The summed E-state index contributed by atoms with van der Waals surface area (Å²) in [4.78, 5) is 0. The fourth-order valence-corrected chi connectivity index (χ4v) is 1.30. The molecule has 0 saturated carbocycles. The van der Waals surface area contributed by atoms with Crippen molar-refractivity contribution in [3.05, 3.63) is 0 Å². The van der Waals surface area contributed by atoms with Gasteiger partial charge in [-0.3, -0.25) is 0 Å². The van der Waals surface area contributed by atoms with Crippen LogP contribution in [-0.4, -0.2) is 20.8 Å². The molecule has 0 aliphatic heterocycles. The molecule has 0 spiro atoms. The summed E-state index contributed by atoms with van der Waals surface area (Å²) in [6.07, 6.45) is 0.978. The first-order valence-electron chi connectivity index (χ1n) is 3.26. The van der Waals surface area contributed by atoms with Crippen LogP contribution in [0.4, 0.5) is 0 Å². The van der Waals surface area contributed by atoms with Crippen LogP contribution in [0.5, 0.6) is 0 Å². The predicted molar refractivity (Wildman–Crippen MR) is 44.6 cm³/mol. The molecule has 0 rings (SSSR count). The molecule has 0 saturated heterocycles. The zero-order valence-corrected chi connectivity index (χ0v) is 8.16. The second-order valence-electron chi connectivity index (χ2n) is 3.00. The van der Waals surface area contributed by atoms with E-state index in [-0.39, 0.29) is 0 Å². The van der Waals surface area contributed by atoms with Crippen LogP contribution in [0.25, 0.3) is 0 Å². The van der Waals surface area contributed by atoms with Crippen molar-refractivity contribution in [2.45, 2.75) is 26.1 Å². The van der Waals surface area contributed by atoms with Crippen molar-refractivity contribution < 1.29 is 4.43 Å². The molecule has 0 heterocycles. The molecule has 0 N–H and O–H groups in total. The number of hydrogen-bond acceptors (Lipinski definition) is 1. The minimum atomic E-state index is -1.25. The highest BCUT2D eigenvalue weighted by molar-refractivity contribution is 6.69. The smallest absolute Gasteiger partial charge is 0.183 e. The Bertz CT molecular complexity index is 69.9. The van der Waals surface area contributed by atoms with Crippen LogP contribution in [0.15, 0.2) is 0 Å². The van der Waals surface area contributed by atoms with E-state index in [0.29, 0.717) is 5.88 Å². The van der Waals surface area contributed by atoms with Gasteiger partial charge in [-0.25, -0.2) is 0 Å². The van der Waals surface area contributed by atoms with Gasteiger partial charge in [0, 0.05) is 12.5 Å². The molecular formula is C6H15ClOSi. The minimum absolute atomic E-state index is 0.713. The molecule has 0 aromatic heterocycles. The van der Waals surface area contributed by atoms with E-state index in [1.165, 1.54) is 0 Å². The van der Waals surface area contributed by atoms with E-state index in [1.807, 2.05) is 0 Å². The van der Waals surface area contributed by atoms with Gasteiger partial charge in [-0.15, -0.1) is 11.6 Å².